The van der Waals surface area contributed by atoms with Crippen LogP contribution >= 0.6 is 0 Å². The van der Waals surface area contributed by atoms with Crippen molar-refractivity contribution in [2.75, 3.05) is 18.8 Å². The molecule has 4 heteroatoms. The molecule has 3 N–H and O–H groups in total. The van der Waals surface area contributed by atoms with E-state index < -0.39 is 0 Å². The van der Waals surface area contributed by atoms with Crippen molar-refractivity contribution >= 4 is 11.6 Å². The number of likely N-dealkylation sites (tertiary alicyclic amines) is 1. The maximum atomic E-state index is 11.7. The Labute approximate surface area is 107 Å². The second-order valence-corrected chi connectivity index (χ2v) is 5.27. The third-order valence-electron chi connectivity index (χ3n) is 4.08. The van der Waals surface area contributed by atoms with E-state index in [0.29, 0.717) is 6.04 Å². The number of fused-ring (bicyclic) bond motifs is 1. The van der Waals surface area contributed by atoms with Gasteiger partial charge in [-0.25, -0.2) is 0 Å². The predicted octanol–water partition coefficient (Wildman–Crippen LogP) is 0.979. The predicted molar refractivity (Wildman–Crippen MR) is 70.8 cm³/mol. The van der Waals surface area contributed by atoms with Gasteiger partial charge in [0.25, 0.3) is 0 Å². The van der Waals surface area contributed by atoms with Gasteiger partial charge in [-0.3, -0.25) is 9.69 Å². The number of nitrogen functional groups attached to an aromatic ring is 1. The van der Waals surface area contributed by atoms with Crippen LogP contribution in [0.2, 0.25) is 0 Å². The SMILES string of the molecule is Nc1ccc(CN2CCCC3C(=O)NCC32)cc1. The number of amides is 1. The molecule has 1 amide bonds. The zero-order valence-corrected chi connectivity index (χ0v) is 10.4. The van der Waals surface area contributed by atoms with Gasteiger partial charge in [0.1, 0.15) is 0 Å². The lowest BCUT2D eigenvalue weighted by atomic mass is 9.91. The summed E-state index contributed by atoms with van der Waals surface area (Å²) in [5, 5.41) is 2.99. The number of benzene rings is 1. The highest BCUT2D eigenvalue weighted by atomic mass is 16.2. The quantitative estimate of drug-likeness (QED) is 0.764. The van der Waals surface area contributed by atoms with Crippen molar-refractivity contribution < 1.29 is 4.79 Å². The monoisotopic (exact) mass is 245 g/mol. The van der Waals surface area contributed by atoms with Gasteiger partial charge in [0.05, 0.1) is 5.92 Å². The second kappa shape index (κ2) is 4.61. The molecule has 0 saturated carbocycles. The summed E-state index contributed by atoms with van der Waals surface area (Å²) in [6.45, 7) is 2.80. The molecule has 1 aromatic rings. The van der Waals surface area contributed by atoms with Crippen molar-refractivity contribution in [2.45, 2.75) is 25.4 Å². The number of nitrogens with two attached hydrogens (primary N) is 1. The smallest absolute Gasteiger partial charge is 0.224 e. The average Bonchev–Trinajstić information content (AvgIpc) is 2.76. The number of anilines is 1. The van der Waals surface area contributed by atoms with E-state index in [0.717, 1.165) is 38.2 Å². The van der Waals surface area contributed by atoms with Crippen LogP contribution in [-0.4, -0.2) is 29.9 Å². The van der Waals surface area contributed by atoms with Crippen LogP contribution in [0.1, 0.15) is 18.4 Å². The molecule has 2 fully saturated rings. The standard InChI is InChI=1S/C14H19N3O/c15-11-5-3-10(4-6-11)9-17-7-1-2-12-13(17)8-16-14(12)18/h3-6,12-13H,1-2,7-9,15H2,(H,16,18). The number of nitrogens with zero attached hydrogens (tertiary/aromatic N) is 1. The van der Waals surface area contributed by atoms with Crippen molar-refractivity contribution in [3.63, 3.8) is 0 Å². The van der Waals surface area contributed by atoms with Crippen LogP contribution in [0.15, 0.2) is 24.3 Å². The molecule has 0 bridgehead atoms. The van der Waals surface area contributed by atoms with Gasteiger partial charge in [-0.1, -0.05) is 12.1 Å². The summed E-state index contributed by atoms with van der Waals surface area (Å²) in [5.41, 5.74) is 7.76. The maximum absolute atomic E-state index is 11.7. The largest absolute Gasteiger partial charge is 0.399 e. The zero-order valence-electron chi connectivity index (χ0n) is 10.4. The van der Waals surface area contributed by atoms with Crippen molar-refractivity contribution in [1.29, 1.82) is 0 Å². The number of piperidine rings is 1. The lowest BCUT2D eigenvalue weighted by Crippen LogP contribution is -2.44. The second-order valence-electron chi connectivity index (χ2n) is 5.27. The van der Waals surface area contributed by atoms with Crippen LogP contribution in [0.3, 0.4) is 0 Å². The fourth-order valence-corrected chi connectivity index (χ4v) is 3.09. The molecule has 0 radical (unpaired) electrons. The Bertz CT molecular complexity index is 443. The summed E-state index contributed by atoms with van der Waals surface area (Å²) in [5.74, 6) is 0.439. The minimum Gasteiger partial charge on any atom is -0.399 e. The first kappa shape index (κ1) is 11.5. The highest BCUT2D eigenvalue weighted by Gasteiger charge is 2.40. The molecule has 4 nitrogen and oxygen atoms in total. The minimum absolute atomic E-state index is 0.201. The Hall–Kier alpha value is -1.55. The highest BCUT2D eigenvalue weighted by Crippen LogP contribution is 2.28. The Morgan fingerprint density at radius 2 is 2.11 bits per heavy atom. The first-order valence-electron chi connectivity index (χ1n) is 6.60. The fraction of sp³-hybridized carbons (Fsp3) is 0.500. The highest BCUT2D eigenvalue weighted by molar-refractivity contribution is 5.82. The number of hydrogen-bond donors (Lipinski definition) is 2. The first-order valence-corrected chi connectivity index (χ1v) is 6.60. The van der Waals surface area contributed by atoms with E-state index in [1.54, 1.807) is 0 Å². The Morgan fingerprint density at radius 1 is 1.33 bits per heavy atom. The maximum Gasteiger partial charge on any atom is 0.224 e. The lowest BCUT2D eigenvalue weighted by molar-refractivity contribution is -0.124. The van der Waals surface area contributed by atoms with Gasteiger partial charge in [0.2, 0.25) is 5.91 Å². The number of carbonyl (C=O) groups is 1. The van der Waals surface area contributed by atoms with Crippen LogP contribution in [-0.2, 0) is 11.3 Å². The van der Waals surface area contributed by atoms with Crippen LogP contribution in [0.4, 0.5) is 5.69 Å². The van der Waals surface area contributed by atoms with E-state index in [2.05, 4.69) is 22.3 Å². The molecule has 2 atom stereocenters. The average molecular weight is 245 g/mol. The van der Waals surface area contributed by atoms with Crippen LogP contribution in [0.25, 0.3) is 0 Å². The Balaban J connectivity index is 1.72. The Kier molecular flexibility index (Phi) is 2.96. The van der Waals surface area contributed by atoms with Crippen molar-refractivity contribution in [3.05, 3.63) is 29.8 Å². The molecule has 2 unspecified atom stereocenters. The van der Waals surface area contributed by atoms with Crippen molar-refractivity contribution in [3.8, 4) is 0 Å². The molecule has 96 valence electrons. The molecule has 2 saturated heterocycles. The van der Waals surface area contributed by atoms with E-state index >= 15 is 0 Å². The zero-order chi connectivity index (χ0) is 12.5. The summed E-state index contributed by atoms with van der Waals surface area (Å²) < 4.78 is 0. The molecule has 3 rings (SSSR count). The molecule has 1 aromatic carbocycles. The molecule has 2 aliphatic rings. The van der Waals surface area contributed by atoms with Crippen molar-refractivity contribution in [1.82, 2.24) is 10.2 Å². The molecular weight excluding hydrogens is 226 g/mol. The van der Waals surface area contributed by atoms with Gasteiger partial charge >= 0.3 is 0 Å². The number of rotatable bonds is 2. The van der Waals surface area contributed by atoms with Gasteiger partial charge in [0, 0.05) is 24.8 Å². The lowest BCUT2D eigenvalue weighted by Gasteiger charge is -2.35. The number of hydrogen-bond acceptors (Lipinski definition) is 3. The third kappa shape index (κ3) is 2.08. The topological polar surface area (TPSA) is 58.4 Å². The normalized spacial score (nSPS) is 27.9. The van der Waals surface area contributed by atoms with Gasteiger partial charge in [-0.2, -0.15) is 0 Å². The number of nitrogens with one attached hydrogen (secondary N) is 1. The molecule has 0 aliphatic carbocycles. The molecular formula is C14H19N3O. The molecule has 0 spiro atoms. The van der Waals surface area contributed by atoms with Crippen LogP contribution in [0, 0.1) is 5.92 Å². The van der Waals surface area contributed by atoms with Crippen molar-refractivity contribution in [2.24, 2.45) is 5.92 Å². The van der Waals surface area contributed by atoms with E-state index in [4.69, 9.17) is 5.73 Å². The third-order valence-corrected chi connectivity index (χ3v) is 4.08. The summed E-state index contributed by atoms with van der Waals surface area (Å²) in [6, 6.07) is 8.40. The van der Waals surface area contributed by atoms with Crippen LogP contribution < -0.4 is 11.1 Å². The van der Waals surface area contributed by atoms with E-state index in [9.17, 15) is 4.79 Å². The first-order chi connectivity index (χ1) is 8.74. The van der Waals surface area contributed by atoms with Gasteiger partial charge in [0.15, 0.2) is 0 Å². The molecule has 2 aliphatic heterocycles. The summed E-state index contributed by atoms with van der Waals surface area (Å²) >= 11 is 0. The van der Waals surface area contributed by atoms with Crippen LogP contribution in [0.5, 0.6) is 0 Å². The van der Waals surface area contributed by atoms with E-state index in [1.165, 1.54) is 5.56 Å². The Morgan fingerprint density at radius 3 is 2.89 bits per heavy atom. The molecule has 0 aromatic heterocycles. The minimum atomic E-state index is 0.201. The molecule has 2 heterocycles. The summed E-state index contributed by atoms with van der Waals surface area (Å²) in [7, 11) is 0. The van der Waals surface area contributed by atoms with Gasteiger partial charge < -0.3 is 11.1 Å². The molecule has 18 heavy (non-hydrogen) atoms. The number of carbonyl (C=O) groups excluding carboxylic acids is 1. The summed E-state index contributed by atoms with van der Waals surface area (Å²) in [4.78, 5) is 14.1. The fourth-order valence-electron chi connectivity index (χ4n) is 3.09. The van der Waals surface area contributed by atoms with Gasteiger partial charge in [-0.15, -0.1) is 0 Å². The summed E-state index contributed by atoms with van der Waals surface area (Å²) in [6.07, 6.45) is 2.15. The van der Waals surface area contributed by atoms with E-state index in [1.807, 2.05) is 12.1 Å². The van der Waals surface area contributed by atoms with Gasteiger partial charge in [-0.05, 0) is 37.1 Å². The van der Waals surface area contributed by atoms with E-state index in [-0.39, 0.29) is 11.8 Å².